The first-order valence-electron chi connectivity index (χ1n) is 10.2. The lowest BCUT2D eigenvalue weighted by Gasteiger charge is -2.45. The van der Waals surface area contributed by atoms with E-state index in [4.69, 9.17) is 5.26 Å². The van der Waals surface area contributed by atoms with Gasteiger partial charge in [-0.1, -0.05) is 6.92 Å². The van der Waals surface area contributed by atoms with Gasteiger partial charge in [0.05, 0.1) is 18.2 Å². The number of likely N-dealkylation sites (tertiary alicyclic amines) is 1. The lowest BCUT2D eigenvalue weighted by molar-refractivity contribution is -0.123. The molecule has 2 N–H and O–H groups in total. The Labute approximate surface area is 172 Å². The Bertz CT molecular complexity index is 751. The summed E-state index contributed by atoms with van der Waals surface area (Å²) in [6.45, 7) is 8.78. The molecule has 1 aromatic rings. The van der Waals surface area contributed by atoms with E-state index in [0.717, 1.165) is 45.7 Å². The number of piperidine rings is 1. The maximum atomic E-state index is 12.2. The third kappa shape index (κ3) is 5.76. The van der Waals surface area contributed by atoms with Gasteiger partial charge < -0.3 is 4.90 Å². The van der Waals surface area contributed by atoms with Gasteiger partial charge in [-0.2, -0.15) is 5.26 Å². The molecular formula is C21H30N6O2. The maximum absolute atomic E-state index is 12.2. The molecule has 1 aromatic carbocycles. The first-order chi connectivity index (χ1) is 14.0. The van der Waals surface area contributed by atoms with E-state index in [1.165, 1.54) is 0 Å². The van der Waals surface area contributed by atoms with Gasteiger partial charge in [0.25, 0.3) is 11.8 Å². The number of amides is 2. The summed E-state index contributed by atoms with van der Waals surface area (Å²) in [5.41, 5.74) is 5.81. The summed E-state index contributed by atoms with van der Waals surface area (Å²) >= 11 is 0. The van der Waals surface area contributed by atoms with Crippen LogP contribution >= 0.6 is 0 Å². The highest BCUT2D eigenvalue weighted by atomic mass is 16.2. The van der Waals surface area contributed by atoms with Gasteiger partial charge in [-0.3, -0.25) is 30.2 Å². The first-order valence-corrected chi connectivity index (χ1v) is 10.2. The monoisotopic (exact) mass is 398 g/mol. The summed E-state index contributed by atoms with van der Waals surface area (Å²) in [6.07, 6.45) is 1.07. The van der Waals surface area contributed by atoms with Crippen molar-refractivity contribution in [1.82, 2.24) is 25.6 Å². The number of hydrazine groups is 1. The number of carbonyl (C=O) groups excluding carboxylic acids is 2. The van der Waals surface area contributed by atoms with Crippen LogP contribution < -0.4 is 10.9 Å². The third-order valence-electron chi connectivity index (χ3n) is 5.91. The maximum Gasteiger partial charge on any atom is 0.269 e. The zero-order chi connectivity index (χ0) is 20.8. The van der Waals surface area contributed by atoms with Gasteiger partial charge in [-0.25, -0.2) is 0 Å². The zero-order valence-electron chi connectivity index (χ0n) is 17.2. The van der Waals surface area contributed by atoms with Crippen LogP contribution in [-0.2, 0) is 4.79 Å². The lowest BCUT2D eigenvalue weighted by atomic mass is 9.92. The Kier molecular flexibility index (Phi) is 7.20. The fourth-order valence-electron chi connectivity index (χ4n) is 4.20. The number of rotatable bonds is 4. The van der Waals surface area contributed by atoms with Gasteiger partial charge in [0.1, 0.15) is 0 Å². The Morgan fingerprint density at radius 1 is 1.10 bits per heavy atom. The average molecular weight is 399 g/mol. The van der Waals surface area contributed by atoms with E-state index in [1.54, 1.807) is 24.3 Å². The molecule has 0 radical (unpaired) electrons. The highest BCUT2D eigenvalue weighted by Gasteiger charge is 2.32. The summed E-state index contributed by atoms with van der Waals surface area (Å²) in [5.74, 6) is -0.115. The fraction of sp³-hybridized carbons (Fsp3) is 0.571. The minimum atomic E-state index is -0.398. The van der Waals surface area contributed by atoms with Gasteiger partial charge in [0, 0.05) is 50.9 Å². The second-order valence-electron chi connectivity index (χ2n) is 8.10. The molecule has 29 heavy (non-hydrogen) atoms. The van der Waals surface area contributed by atoms with Crippen molar-refractivity contribution in [3.63, 3.8) is 0 Å². The number of hydrogen-bond acceptors (Lipinski definition) is 6. The lowest BCUT2D eigenvalue weighted by Crippen LogP contribution is -2.56. The molecule has 2 atom stereocenters. The fourth-order valence-corrected chi connectivity index (χ4v) is 4.20. The molecule has 3 rings (SSSR count). The number of nitrogens with zero attached hydrogens (tertiary/aromatic N) is 4. The van der Waals surface area contributed by atoms with Crippen LogP contribution in [0.1, 0.15) is 29.3 Å². The van der Waals surface area contributed by atoms with Crippen LogP contribution in [0.2, 0.25) is 0 Å². The van der Waals surface area contributed by atoms with Crippen LogP contribution in [-0.4, -0.2) is 85.4 Å². The molecule has 2 aliphatic rings. The molecular weight excluding hydrogens is 368 g/mol. The molecule has 2 saturated heterocycles. The van der Waals surface area contributed by atoms with Crippen molar-refractivity contribution >= 4 is 11.8 Å². The van der Waals surface area contributed by atoms with Gasteiger partial charge in [-0.15, -0.1) is 0 Å². The van der Waals surface area contributed by atoms with E-state index in [1.807, 2.05) is 6.07 Å². The molecule has 0 spiro atoms. The SMILES string of the molecule is C[C@H]1CN(CC(=O)NNC(=O)c2ccc(C#N)cc2)CC[C@H]1N1CCN(C)CC1. The summed E-state index contributed by atoms with van der Waals surface area (Å²) in [7, 11) is 2.17. The van der Waals surface area contributed by atoms with Crippen LogP contribution in [0, 0.1) is 17.2 Å². The number of likely N-dealkylation sites (N-methyl/N-ethyl adjacent to an activating group) is 1. The molecule has 2 aliphatic heterocycles. The molecule has 0 unspecified atom stereocenters. The third-order valence-corrected chi connectivity index (χ3v) is 5.91. The number of hydrogen-bond donors (Lipinski definition) is 2. The number of benzene rings is 1. The summed E-state index contributed by atoms with van der Waals surface area (Å²) in [6, 6.07) is 8.85. The molecule has 0 bridgehead atoms. The second kappa shape index (κ2) is 9.83. The highest BCUT2D eigenvalue weighted by molar-refractivity contribution is 5.95. The van der Waals surface area contributed by atoms with E-state index in [2.05, 4.69) is 39.5 Å². The summed E-state index contributed by atoms with van der Waals surface area (Å²) < 4.78 is 0. The van der Waals surface area contributed by atoms with Crippen molar-refractivity contribution < 1.29 is 9.59 Å². The highest BCUT2D eigenvalue weighted by Crippen LogP contribution is 2.23. The van der Waals surface area contributed by atoms with E-state index < -0.39 is 5.91 Å². The largest absolute Gasteiger partial charge is 0.304 e. The van der Waals surface area contributed by atoms with Crippen LogP contribution in [0.5, 0.6) is 0 Å². The number of piperazine rings is 1. The van der Waals surface area contributed by atoms with E-state index >= 15 is 0 Å². The average Bonchev–Trinajstić information content (AvgIpc) is 2.73. The zero-order valence-corrected chi connectivity index (χ0v) is 17.2. The van der Waals surface area contributed by atoms with E-state index in [9.17, 15) is 9.59 Å². The van der Waals surface area contributed by atoms with Crippen LogP contribution in [0.15, 0.2) is 24.3 Å². The van der Waals surface area contributed by atoms with Crippen molar-refractivity contribution in [2.45, 2.75) is 19.4 Å². The van der Waals surface area contributed by atoms with E-state index in [0.29, 0.717) is 23.1 Å². The molecule has 0 aliphatic carbocycles. The predicted molar refractivity (Wildman–Crippen MR) is 110 cm³/mol. The van der Waals surface area contributed by atoms with Gasteiger partial charge in [0.2, 0.25) is 0 Å². The Morgan fingerprint density at radius 3 is 2.41 bits per heavy atom. The summed E-state index contributed by atoms with van der Waals surface area (Å²) in [5, 5.41) is 8.80. The smallest absolute Gasteiger partial charge is 0.269 e. The molecule has 2 fully saturated rings. The second-order valence-corrected chi connectivity index (χ2v) is 8.10. The minimum absolute atomic E-state index is 0.225. The number of nitrogens with one attached hydrogen (secondary N) is 2. The van der Waals surface area contributed by atoms with Gasteiger partial charge >= 0.3 is 0 Å². The summed E-state index contributed by atoms with van der Waals surface area (Å²) in [4.78, 5) is 31.5. The van der Waals surface area contributed by atoms with Crippen LogP contribution in [0.25, 0.3) is 0 Å². The van der Waals surface area contributed by atoms with E-state index in [-0.39, 0.29) is 12.5 Å². The normalized spacial score (nSPS) is 23.9. The topological polar surface area (TPSA) is 91.7 Å². The van der Waals surface area contributed by atoms with Gasteiger partial charge in [0.15, 0.2) is 0 Å². The standard InChI is InChI=1S/C21H30N6O2/c1-16-14-26(8-7-19(16)27-11-9-25(2)10-12-27)15-20(28)23-24-21(29)18-5-3-17(13-22)4-6-18/h3-6,16,19H,7-12,14-15H2,1-2H3,(H,23,28)(H,24,29)/t16-,19+/m0/s1. The first kappa shape index (κ1) is 21.2. The van der Waals surface area contributed by atoms with Crippen molar-refractivity contribution in [1.29, 1.82) is 5.26 Å². The van der Waals surface area contributed by atoms with Crippen molar-refractivity contribution in [3.05, 3.63) is 35.4 Å². The Morgan fingerprint density at radius 2 is 1.79 bits per heavy atom. The number of nitriles is 1. The molecule has 2 amide bonds. The predicted octanol–water partition coefficient (Wildman–Crippen LogP) is 0.277. The quantitative estimate of drug-likeness (QED) is 0.708. The van der Waals surface area contributed by atoms with Crippen molar-refractivity contribution in [2.24, 2.45) is 5.92 Å². The van der Waals surface area contributed by atoms with Crippen LogP contribution in [0.3, 0.4) is 0 Å². The van der Waals surface area contributed by atoms with Crippen molar-refractivity contribution in [2.75, 3.05) is 52.9 Å². The van der Waals surface area contributed by atoms with Gasteiger partial charge in [-0.05, 0) is 43.7 Å². The number of carbonyl (C=O) groups is 2. The van der Waals surface area contributed by atoms with Crippen LogP contribution in [0.4, 0.5) is 0 Å². The molecule has 2 heterocycles. The molecule has 156 valence electrons. The Balaban J connectivity index is 1.41. The Hall–Kier alpha value is -2.47. The van der Waals surface area contributed by atoms with Crippen molar-refractivity contribution in [3.8, 4) is 6.07 Å². The molecule has 8 nitrogen and oxygen atoms in total. The minimum Gasteiger partial charge on any atom is -0.304 e. The molecule has 0 saturated carbocycles. The molecule has 8 heteroatoms. The molecule has 0 aromatic heterocycles.